The van der Waals surface area contributed by atoms with Crippen molar-refractivity contribution < 1.29 is 13.2 Å². The van der Waals surface area contributed by atoms with Gasteiger partial charge >= 0.3 is 0 Å². The Hall–Kier alpha value is -1.31. The predicted molar refractivity (Wildman–Crippen MR) is 87.7 cm³/mol. The van der Waals surface area contributed by atoms with Crippen LogP contribution in [0.15, 0.2) is 18.2 Å². The third-order valence-electron chi connectivity index (χ3n) is 2.86. The number of nitrogens with one attached hydrogen (secondary N) is 3. The quantitative estimate of drug-likeness (QED) is 0.727. The molecule has 0 aromatic heterocycles. The Morgan fingerprint density at radius 2 is 1.95 bits per heavy atom. The van der Waals surface area contributed by atoms with Crippen molar-refractivity contribution in [1.82, 2.24) is 10.6 Å². The highest BCUT2D eigenvalue weighted by Gasteiger charge is 2.11. The van der Waals surface area contributed by atoms with Crippen molar-refractivity contribution >= 4 is 34.0 Å². The summed E-state index contributed by atoms with van der Waals surface area (Å²) in [6.07, 6.45) is 1.08. The van der Waals surface area contributed by atoms with Gasteiger partial charge in [-0.1, -0.05) is 6.07 Å². The standard InChI is InChI=1S/C13H21N3O3S.ClH/c1-9-5-6-11(7-12(9)16-20(4,18)19)13(17)15-8-10(2)14-3;/h5-7,10,14,16H,8H2,1-4H3,(H,15,17);1H. The van der Waals surface area contributed by atoms with Gasteiger partial charge in [-0.15, -0.1) is 12.4 Å². The van der Waals surface area contributed by atoms with Gasteiger partial charge in [0.2, 0.25) is 10.0 Å². The number of hydrogen-bond donors (Lipinski definition) is 3. The first-order valence-electron chi connectivity index (χ1n) is 6.27. The van der Waals surface area contributed by atoms with E-state index in [1.807, 2.05) is 14.0 Å². The molecule has 1 aromatic rings. The summed E-state index contributed by atoms with van der Waals surface area (Å²) in [5.74, 6) is -0.233. The monoisotopic (exact) mass is 335 g/mol. The Morgan fingerprint density at radius 1 is 1.33 bits per heavy atom. The molecule has 0 saturated carbocycles. The lowest BCUT2D eigenvalue weighted by atomic mass is 10.1. The topological polar surface area (TPSA) is 87.3 Å². The molecule has 120 valence electrons. The minimum Gasteiger partial charge on any atom is -0.350 e. The van der Waals surface area contributed by atoms with Crippen LogP contribution in [0.1, 0.15) is 22.8 Å². The summed E-state index contributed by atoms with van der Waals surface area (Å²) in [5.41, 5.74) is 1.60. The SMILES string of the molecule is CNC(C)CNC(=O)c1ccc(C)c(NS(C)(=O)=O)c1.Cl. The fourth-order valence-electron chi connectivity index (χ4n) is 1.52. The highest BCUT2D eigenvalue weighted by molar-refractivity contribution is 7.92. The van der Waals surface area contributed by atoms with Crippen molar-refractivity contribution in [3.05, 3.63) is 29.3 Å². The number of benzene rings is 1. The molecule has 1 rings (SSSR count). The fourth-order valence-corrected chi connectivity index (χ4v) is 2.14. The summed E-state index contributed by atoms with van der Waals surface area (Å²) in [4.78, 5) is 12.0. The number of halogens is 1. The van der Waals surface area contributed by atoms with Gasteiger partial charge in [0.15, 0.2) is 0 Å². The Bertz CT molecular complexity index is 590. The van der Waals surface area contributed by atoms with Crippen molar-refractivity contribution in [3.63, 3.8) is 0 Å². The predicted octanol–water partition coefficient (Wildman–Crippen LogP) is 1.13. The Balaban J connectivity index is 0.00000400. The summed E-state index contributed by atoms with van der Waals surface area (Å²) >= 11 is 0. The van der Waals surface area contributed by atoms with Crippen molar-refractivity contribution in [2.24, 2.45) is 0 Å². The number of aryl methyl sites for hydroxylation is 1. The van der Waals surface area contributed by atoms with E-state index in [0.717, 1.165) is 11.8 Å². The van der Waals surface area contributed by atoms with Crippen LogP contribution in [0.5, 0.6) is 0 Å². The van der Waals surface area contributed by atoms with E-state index < -0.39 is 10.0 Å². The van der Waals surface area contributed by atoms with Crippen LogP contribution >= 0.6 is 12.4 Å². The second-order valence-electron chi connectivity index (χ2n) is 4.80. The van der Waals surface area contributed by atoms with Crippen LogP contribution in [0.2, 0.25) is 0 Å². The van der Waals surface area contributed by atoms with E-state index in [-0.39, 0.29) is 24.4 Å². The average Bonchev–Trinajstić information content (AvgIpc) is 2.36. The van der Waals surface area contributed by atoms with Crippen molar-refractivity contribution in [2.45, 2.75) is 19.9 Å². The molecule has 0 bridgehead atoms. The van der Waals surface area contributed by atoms with Crippen LogP contribution in [0.25, 0.3) is 0 Å². The van der Waals surface area contributed by atoms with Gasteiger partial charge in [-0.05, 0) is 38.6 Å². The zero-order chi connectivity index (χ0) is 15.3. The fraction of sp³-hybridized carbons (Fsp3) is 0.462. The minimum atomic E-state index is -3.36. The van der Waals surface area contributed by atoms with Gasteiger partial charge in [0.25, 0.3) is 5.91 Å². The molecule has 0 aliphatic rings. The second kappa shape index (κ2) is 8.21. The second-order valence-corrected chi connectivity index (χ2v) is 6.55. The maximum absolute atomic E-state index is 12.0. The van der Waals surface area contributed by atoms with Gasteiger partial charge in [-0.2, -0.15) is 0 Å². The Morgan fingerprint density at radius 3 is 2.48 bits per heavy atom. The summed E-state index contributed by atoms with van der Waals surface area (Å²) in [5, 5.41) is 5.80. The van der Waals surface area contributed by atoms with Crippen LogP contribution in [-0.2, 0) is 10.0 Å². The zero-order valence-corrected chi connectivity index (χ0v) is 14.2. The molecule has 1 unspecified atom stereocenters. The van der Waals surface area contributed by atoms with E-state index in [0.29, 0.717) is 17.8 Å². The smallest absolute Gasteiger partial charge is 0.251 e. The summed E-state index contributed by atoms with van der Waals surface area (Å²) in [6.45, 7) is 4.22. The van der Waals surface area contributed by atoms with Crippen molar-refractivity contribution in [3.8, 4) is 0 Å². The van der Waals surface area contributed by atoms with Crippen LogP contribution in [0, 0.1) is 6.92 Å². The molecule has 0 heterocycles. The van der Waals surface area contributed by atoms with Gasteiger partial charge in [0.05, 0.1) is 11.9 Å². The van der Waals surface area contributed by atoms with E-state index in [4.69, 9.17) is 0 Å². The molecule has 1 aromatic carbocycles. The average molecular weight is 336 g/mol. The highest BCUT2D eigenvalue weighted by Crippen LogP contribution is 2.18. The Labute approximate surface area is 132 Å². The zero-order valence-electron chi connectivity index (χ0n) is 12.6. The summed E-state index contributed by atoms with van der Waals surface area (Å²) in [6, 6.07) is 5.08. The number of anilines is 1. The molecule has 0 radical (unpaired) electrons. The molecule has 6 nitrogen and oxygen atoms in total. The van der Waals surface area contributed by atoms with Crippen molar-refractivity contribution in [2.75, 3.05) is 24.6 Å². The molecule has 21 heavy (non-hydrogen) atoms. The lowest BCUT2D eigenvalue weighted by molar-refractivity contribution is 0.0950. The first kappa shape index (κ1) is 19.7. The van der Waals surface area contributed by atoms with Gasteiger partial charge in [-0.25, -0.2) is 8.42 Å². The number of carbonyl (C=O) groups excluding carboxylic acids is 1. The molecule has 0 aliphatic heterocycles. The van der Waals surface area contributed by atoms with Crippen LogP contribution in [-0.4, -0.2) is 40.2 Å². The van der Waals surface area contributed by atoms with Crippen molar-refractivity contribution in [1.29, 1.82) is 0 Å². The molecule has 1 atom stereocenters. The number of carbonyl (C=O) groups is 1. The molecule has 0 aliphatic carbocycles. The molecule has 0 fully saturated rings. The van der Waals surface area contributed by atoms with E-state index in [1.165, 1.54) is 6.07 Å². The normalized spacial score (nSPS) is 12.2. The van der Waals surface area contributed by atoms with Crippen LogP contribution in [0.4, 0.5) is 5.69 Å². The van der Waals surface area contributed by atoms with Crippen LogP contribution in [0.3, 0.4) is 0 Å². The van der Waals surface area contributed by atoms with E-state index in [2.05, 4.69) is 15.4 Å². The first-order valence-corrected chi connectivity index (χ1v) is 8.16. The Kier molecular flexibility index (Phi) is 7.70. The highest BCUT2D eigenvalue weighted by atomic mass is 35.5. The molecular formula is C13H22ClN3O3S. The van der Waals surface area contributed by atoms with E-state index in [9.17, 15) is 13.2 Å². The maximum Gasteiger partial charge on any atom is 0.251 e. The van der Waals surface area contributed by atoms with Gasteiger partial charge in [0.1, 0.15) is 0 Å². The van der Waals surface area contributed by atoms with E-state index in [1.54, 1.807) is 19.1 Å². The molecule has 1 amide bonds. The largest absolute Gasteiger partial charge is 0.350 e. The number of amides is 1. The number of sulfonamides is 1. The molecular weight excluding hydrogens is 314 g/mol. The number of likely N-dealkylation sites (N-methyl/N-ethyl adjacent to an activating group) is 1. The van der Waals surface area contributed by atoms with Gasteiger partial charge in [0, 0.05) is 18.2 Å². The number of hydrogen-bond acceptors (Lipinski definition) is 4. The minimum absolute atomic E-state index is 0. The van der Waals surface area contributed by atoms with Gasteiger partial charge in [-0.3, -0.25) is 9.52 Å². The van der Waals surface area contributed by atoms with Gasteiger partial charge < -0.3 is 10.6 Å². The third kappa shape index (κ3) is 6.79. The maximum atomic E-state index is 12.0. The molecule has 0 saturated heterocycles. The molecule has 8 heteroatoms. The lowest BCUT2D eigenvalue weighted by Crippen LogP contribution is -2.37. The van der Waals surface area contributed by atoms with Crippen LogP contribution < -0.4 is 15.4 Å². The molecule has 3 N–H and O–H groups in total. The molecule has 0 spiro atoms. The summed E-state index contributed by atoms with van der Waals surface area (Å²) < 4.78 is 24.9. The first-order chi connectivity index (χ1) is 9.23. The summed E-state index contributed by atoms with van der Waals surface area (Å²) in [7, 11) is -1.55. The van der Waals surface area contributed by atoms with E-state index >= 15 is 0 Å². The number of rotatable bonds is 6. The lowest BCUT2D eigenvalue weighted by Gasteiger charge is -2.13. The third-order valence-corrected chi connectivity index (χ3v) is 3.45.